The largest absolute Gasteiger partial charge is 0.327 e. The molecule has 0 atom stereocenters. The Hall–Kier alpha value is 0.230. The first kappa shape index (κ1) is 34.4. The van der Waals surface area contributed by atoms with Crippen LogP contribution in [0.1, 0.15) is 150 Å². The zero-order chi connectivity index (χ0) is 24.2. The minimum atomic E-state index is -0.803. The van der Waals surface area contributed by atoms with E-state index in [2.05, 4.69) is 47.2 Å². The smallest absolute Gasteiger partial charge is 0.282 e. The Bertz CT molecular complexity index is 295. The van der Waals surface area contributed by atoms with Crippen molar-refractivity contribution in [3.63, 3.8) is 0 Å². The van der Waals surface area contributed by atoms with Gasteiger partial charge in [0.2, 0.25) is 0 Å². The van der Waals surface area contributed by atoms with E-state index in [4.69, 9.17) is 14.2 Å². The van der Waals surface area contributed by atoms with Gasteiger partial charge in [-0.15, -0.1) is 0 Å². The lowest BCUT2D eigenvalue weighted by Crippen LogP contribution is -2.40. The van der Waals surface area contributed by atoms with Crippen LogP contribution in [0.2, 0.25) is 0 Å². The summed E-state index contributed by atoms with van der Waals surface area (Å²) in [5, 5.41) is 0. The molecule has 0 saturated heterocycles. The van der Waals surface area contributed by atoms with Crippen LogP contribution in [0.15, 0.2) is 0 Å². The summed E-state index contributed by atoms with van der Waals surface area (Å²) in [7, 11) is 0. The molecule has 3 nitrogen and oxygen atoms in total. The molecule has 0 aliphatic heterocycles. The summed E-state index contributed by atoms with van der Waals surface area (Å²) in [4.78, 5) is 0. The molecule has 0 heterocycles. The highest BCUT2D eigenvalue weighted by Gasteiger charge is 2.32. The van der Waals surface area contributed by atoms with Gasteiger partial charge in [0.15, 0.2) is 0 Å². The predicted octanol–water partition coefficient (Wildman–Crippen LogP) is 9.73. The van der Waals surface area contributed by atoms with E-state index in [0.29, 0.717) is 0 Å². The third kappa shape index (κ3) is 24.9. The van der Waals surface area contributed by atoms with Gasteiger partial charge in [-0.05, 0) is 37.9 Å². The van der Waals surface area contributed by atoms with Gasteiger partial charge >= 0.3 is 0 Å². The van der Waals surface area contributed by atoms with Gasteiger partial charge < -0.3 is 14.2 Å². The maximum absolute atomic E-state index is 6.16. The summed E-state index contributed by atoms with van der Waals surface area (Å²) in [6.45, 7) is 13.2. The zero-order valence-corrected chi connectivity index (χ0v) is 23.6. The highest BCUT2D eigenvalue weighted by molar-refractivity contribution is 7.80. The Morgan fingerprint density at radius 1 is 0.438 bits per heavy atom. The van der Waals surface area contributed by atoms with Gasteiger partial charge in [-0.3, -0.25) is 0 Å². The zero-order valence-electron chi connectivity index (χ0n) is 22.7. The predicted molar refractivity (Wildman–Crippen MR) is 146 cm³/mol. The molecule has 0 bridgehead atoms. The van der Waals surface area contributed by atoms with Crippen LogP contribution >= 0.6 is 12.6 Å². The fourth-order valence-electron chi connectivity index (χ4n) is 3.29. The number of thiol groups is 1. The molecule has 0 saturated carbocycles. The van der Waals surface area contributed by atoms with Crippen LogP contribution in [-0.2, 0) is 14.2 Å². The molecule has 0 aromatic rings. The number of hydrogen-bond donors (Lipinski definition) is 1. The Morgan fingerprint density at radius 3 is 1.16 bits per heavy atom. The van der Waals surface area contributed by atoms with E-state index >= 15 is 0 Å². The normalized spacial score (nSPS) is 11.4. The molecule has 0 amide bonds. The molecule has 0 rings (SSSR count). The first-order chi connectivity index (χ1) is 15.7. The number of hydrogen-bond acceptors (Lipinski definition) is 4. The number of ether oxygens (including phenoxy) is 3. The van der Waals surface area contributed by atoms with Gasteiger partial charge in [0.25, 0.3) is 5.97 Å². The molecule has 0 aliphatic rings. The maximum Gasteiger partial charge on any atom is 0.282 e. The maximum atomic E-state index is 6.16. The Kier molecular flexibility index (Phi) is 31.5. The highest BCUT2D eigenvalue weighted by Crippen LogP contribution is 2.26. The van der Waals surface area contributed by atoms with Crippen molar-refractivity contribution in [3.05, 3.63) is 0 Å². The van der Waals surface area contributed by atoms with Crippen molar-refractivity contribution >= 4 is 12.6 Å². The summed E-state index contributed by atoms with van der Waals surface area (Å²) in [6, 6.07) is 0. The third-order valence-corrected chi connectivity index (χ3v) is 5.87. The van der Waals surface area contributed by atoms with Crippen molar-refractivity contribution in [1.82, 2.24) is 0 Å². The van der Waals surface area contributed by atoms with Gasteiger partial charge in [0.1, 0.15) is 0 Å². The highest BCUT2D eigenvalue weighted by atomic mass is 32.1. The molecule has 0 aromatic heterocycles. The standard InChI is InChI=1S/C22H46O3.C6H14S/c1-5-9-13-14-15-16-17-18-22(23-19-10-6-2,24-20-11-7-3)25-21-12-8-4;1-2-3-4-5-6-7/h5-21H2,1-4H3;7H,2-6H2,1H3. The molecule has 0 spiro atoms. The van der Waals surface area contributed by atoms with Crippen LogP contribution < -0.4 is 0 Å². The van der Waals surface area contributed by atoms with Crippen molar-refractivity contribution in [2.75, 3.05) is 25.6 Å². The van der Waals surface area contributed by atoms with E-state index in [-0.39, 0.29) is 0 Å². The molecule has 4 heteroatoms. The minimum Gasteiger partial charge on any atom is -0.327 e. The Labute approximate surface area is 208 Å². The van der Waals surface area contributed by atoms with Crippen molar-refractivity contribution in [3.8, 4) is 0 Å². The molecule has 0 radical (unpaired) electrons. The molecule has 0 aliphatic carbocycles. The molecule has 196 valence electrons. The molecule has 0 unspecified atom stereocenters. The van der Waals surface area contributed by atoms with Crippen LogP contribution in [-0.4, -0.2) is 31.5 Å². The van der Waals surface area contributed by atoms with Crippen LogP contribution in [0.5, 0.6) is 0 Å². The van der Waals surface area contributed by atoms with Crippen molar-refractivity contribution in [1.29, 1.82) is 0 Å². The first-order valence-corrected chi connectivity index (χ1v) is 14.8. The van der Waals surface area contributed by atoms with E-state index in [1.165, 1.54) is 64.2 Å². The van der Waals surface area contributed by atoms with Crippen molar-refractivity contribution in [2.24, 2.45) is 0 Å². The van der Waals surface area contributed by atoms with Crippen LogP contribution in [0.3, 0.4) is 0 Å². The summed E-state index contributed by atoms with van der Waals surface area (Å²) >= 11 is 4.09. The molecular formula is C28H60O3S. The fraction of sp³-hybridized carbons (Fsp3) is 1.00. The van der Waals surface area contributed by atoms with E-state index in [1.54, 1.807) is 0 Å². The number of unbranched alkanes of at least 4 members (excludes halogenated alkanes) is 12. The van der Waals surface area contributed by atoms with Crippen molar-refractivity contribution < 1.29 is 14.2 Å². The Balaban J connectivity index is 0. The Morgan fingerprint density at radius 2 is 0.781 bits per heavy atom. The van der Waals surface area contributed by atoms with Gasteiger partial charge in [-0.2, -0.15) is 12.6 Å². The number of rotatable bonds is 24. The van der Waals surface area contributed by atoms with Gasteiger partial charge in [-0.1, -0.05) is 112 Å². The van der Waals surface area contributed by atoms with E-state index < -0.39 is 5.97 Å². The lowest BCUT2D eigenvalue weighted by atomic mass is 10.1. The third-order valence-electron chi connectivity index (χ3n) is 5.56. The molecular weight excluding hydrogens is 416 g/mol. The summed E-state index contributed by atoms with van der Waals surface area (Å²) < 4.78 is 18.5. The van der Waals surface area contributed by atoms with Gasteiger partial charge in [-0.25, -0.2) is 0 Å². The topological polar surface area (TPSA) is 27.7 Å². The SMILES string of the molecule is CCCCCCCCCC(OCCCC)(OCCCC)OCCCC.CCCCCCS. The van der Waals surface area contributed by atoms with Crippen LogP contribution in [0, 0.1) is 0 Å². The average molecular weight is 477 g/mol. The summed E-state index contributed by atoms with van der Waals surface area (Å²) in [6.07, 6.45) is 21.9. The lowest BCUT2D eigenvalue weighted by molar-refractivity contribution is -0.384. The molecule has 0 fully saturated rings. The van der Waals surface area contributed by atoms with Crippen molar-refractivity contribution in [2.45, 2.75) is 156 Å². The second kappa shape index (κ2) is 29.3. The molecule has 32 heavy (non-hydrogen) atoms. The lowest BCUT2D eigenvalue weighted by Gasteiger charge is -2.33. The average Bonchev–Trinajstić information content (AvgIpc) is 2.80. The summed E-state index contributed by atoms with van der Waals surface area (Å²) in [5.74, 6) is 0.253. The molecule has 0 aromatic carbocycles. The molecule has 0 N–H and O–H groups in total. The van der Waals surface area contributed by atoms with E-state index in [9.17, 15) is 0 Å². The van der Waals surface area contributed by atoms with Crippen LogP contribution in [0.4, 0.5) is 0 Å². The van der Waals surface area contributed by atoms with Gasteiger partial charge in [0, 0.05) is 6.42 Å². The van der Waals surface area contributed by atoms with Crippen LogP contribution in [0.25, 0.3) is 0 Å². The van der Waals surface area contributed by atoms with Gasteiger partial charge in [0.05, 0.1) is 19.8 Å². The second-order valence-electron chi connectivity index (χ2n) is 8.94. The van der Waals surface area contributed by atoms with E-state index in [1.807, 2.05) is 0 Å². The fourth-order valence-corrected chi connectivity index (χ4v) is 3.52. The summed E-state index contributed by atoms with van der Waals surface area (Å²) in [5.41, 5.74) is 0. The quantitative estimate of drug-likeness (QED) is 0.0853. The first-order valence-electron chi connectivity index (χ1n) is 14.2. The second-order valence-corrected chi connectivity index (χ2v) is 9.39. The monoisotopic (exact) mass is 476 g/mol. The van der Waals surface area contributed by atoms with E-state index in [0.717, 1.165) is 76.9 Å². The minimum absolute atomic E-state index is 0.727.